The summed E-state index contributed by atoms with van der Waals surface area (Å²) in [7, 11) is 0. The zero-order chi connectivity index (χ0) is 30.4. The van der Waals surface area contributed by atoms with Gasteiger partial charge < -0.3 is 20.4 Å². The summed E-state index contributed by atoms with van der Waals surface area (Å²) in [5.74, 6) is 1.86. The number of fused-ring (bicyclic) bond motifs is 2. The second-order valence-corrected chi connectivity index (χ2v) is 17.3. The third-order valence-electron chi connectivity index (χ3n) is 13.3. The minimum Gasteiger partial charge on any atom is -0.396 e. The molecule has 2 unspecified atom stereocenters. The molecule has 0 radical (unpaired) electrons. The lowest BCUT2D eigenvalue weighted by Gasteiger charge is -2.61. The minimum atomic E-state index is -0.830. The Bertz CT molecular complexity index is 870. The van der Waals surface area contributed by atoms with Crippen molar-refractivity contribution < 1.29 is 20.4 Å². The number of aliphatic hydroxyl groups excluding tert-OH is 1. The van der Waals surface area contributed by atoms with Crippen LogP contribution in [0.4, 0.5) is 0 Å². The normalized spacial score (nSPS) is 45.6. The van der Waals surface area contributed by atoms with Crippen molar-refractivity contribution in [1.29, 1.82) is 0 Å². The fourth-order valence-corrected chi connectivity index (χ4v) is 11.2. The molecule has 0 aromatic heterocycles. The van der Waals surface area contributed by atoms with Gasteiger partial charge in [-0.15, -0.1) is 6.58 Å². The van der Waals surface area contributed by atoms with E-state index in [0.29, 0.717) is 29.1 Å². The first-order chi connectivity index (χ1) is 18.2. The van der Waals surface area contributed by atoms with Gasteiger partial charge in [0.15, 0.2) is 0 Å². The summed E-state index contributed by atoms with van der Waals surface area (Å²) in [4.78, 5) is 0. The standard InChI is InChI=1S/C20H36O2.C16H30O2/c1-7-18(4,21)13-9-16-19(5)12-8-11-17(2,3)15(19)10-14-20(16,6)22;1-14(2)8-5-9-15(3)12(14)6-10-16(4,18)13(15)7-11-17/h7,15-16,21-22H,1,8-14H2,2-6H3;12-13,17-18H,5-11H2,1-4H3/t15?,16-,18+,19+,20-;12?,13-,15+,16-/m11/s1. The molecule has 0 heterocycles. The maximum atomic E-state index is 11.1. The summed E-state index contributed by atoms with van der Waals surface area (Å²) in [5, 5.41) is 41.5. The van der Waals surface area contributed by atoms with Crippen molar-refractivity contribution >= 4 is 0 Å². The number of hydrogen-bond acceptors (Lipinski definition) is 4. The van der Waals surface area contributed by atoms with Crippen molar-refractivity contribution in [3.05, 3.63) is 12.7 Å². The van der Waals surface area contributed by atoms with E-state index in [1.807, 2.05) is 20.8 Å². The highest BCUT2D eigenvalue weighted by atomic mass is 16.3. The van der Waals surface area contributed by atoms with E-state index in [-0.39, 0.29) is 29.3 Å². The van der Waals surface area contributed by atoms with E-state index in [1.165, 1.54) is 38.5 Å². The Morgan fingerprint density at radius 1 is 0.700 bits per heavy atom. The monoisotopic (exact) mass is 562 g/mol. The van der Waals surface area contributed by atoms with E-state index in [1.54, 1.807) is 6.08 Å². The Balaban J connectivity index is 0.000000225. The average Bonchev–Trinajstić information content (AvgIpc) is 2.80. The first kappa shape index (κ1) is 34.1. The lowest BCUT2D eigenvalue weighted by molar-refractivity contribution is -0.172. The molecule has 9 atom stereocenters. The molecule has 4 nitrogen and oxygen atoms in total. The fourth-order valence-electron chi connectivity index (χ4n) is 11.2. The van der Waals surface area contributed by atoms with Crippen molar-refractivity contribution in [2.75, 3.05) is 6.61 Å². The predicted molar refractivity (Wildman–Crippen MR) is 167 cm³/mol. The van der Waals surface area contributed by atoms with Gasteiger partial charge in [0.2, 0.25) is 0 Å². The largest absolute Gasteiger partial charge is 0.396 e. The van der Waals surface area contributed by atoms with Crippen LogP contribution in [-0.4, -0.2) is 43.8 Å². The van der Waals surface area contributed by atoms with E-state index < -0.39 is 16.8 Å². The first-order valence-corrected chi connectivity index (χ1v) is 16.6. The molecule has 0 aromatic carbocycles. The Kier molecular flexibility index (Phi) is 9.87. The molecule has 4 saturated carbocycles. The summed E-state index contributed by atoms with van der Waals surface area (Å²) < 4.78 is 0. The molecule has 0 aliphatic heterocycles. The van der Waals surface area contributed by atoms with E-state index in [0.717, 1.165) is 38.5 Å². The Morgan fingerprint density at radius 2 is 1.10 bits per heavy atom. The van der Waals surface area contributed by atoms with Crippen LogP contribution in [0.5, 0.6) is 0 Å². The number of rotatable bonds is 6. The predicted octanol–water partition coefficient (Wildman–Crippen LogP) is 8.06. The second kappa shape index (κ2) is 11.6. The average molecular weight is 563 g/mol. The zero-order valence-electron chi connectivity index (χ0n) is 27.8. The highest BCUT2D eigenvalue weighted by Crippen LogP contribution is 2.64. The van der Waals surface area contributed by atoms with Crippen LogP contribution in [0.2, 0.25) is 0 Å². The molecule has 4 rings (SSSR count). The smallest absolute Gasteiger partial charge is 0.0797 e. The molecule has 0 spiro atoms. The van der Waals surface area contributed by atoms with Gasteiger partial charge in [0.25, 0.3) is 0 Å². The number of aliphatic hydroxyl groups is 4. The summed E-state index contributed by atoms with van der Waals surface area (Å²) in [6.07, 6.45) is 15.5. The van der Waals surface area contributed by atoms with Gasteiger partial charge in [0, 0.05) is 6.61 Å². The van der Waals surface area contributed by atoms with Crippen molar-refractivity contribution in [2.24, 2.45) is 45.3 Å². The molecular weight excluding hydrogens is 496 g/mol. The van der Waals surface area contributed by atoms with Gasteiger partial charge in [-0.25, -0.2) is 0 Å². The molecule has 0 bridgehead atoms. The molecule has 4 fully saturated rings. The van der Waals surface area contributed by atoms with Gasteiger partial charge in [0.1, 0.15) is 0 Å². The molecule has 40 heavy (non-hydrogen) atoms. The van der Waals surface area contributed by atoms with E-state index in [2.05, 4.69) is 48.1 Å². The van der Waals surface area contributed by atoms with E-state index >= 15 is 0 Å². The Morgan fingerprint density at radius 3 is 1.48 bits per heavy atom. The second-order valence-electron chi connectivity index (χ2n) is 17.3. The van der Waals surface area contributed by atoms with E-state index in [9.17, 15) is 20.4 Å². The lowest BCUT2D eigenvalue weighted by atomic mass is 9.45. The van der Waals surface area contributed by atoms with Crippen LogP contribution in [0.15, 0.2) is 12.7 Å². The molecule has 4 aliphatic rings. The van der Waals surface area contributed by atoms with Crippen LogP contribution in [0.25, 0.3) is 0 Å². The van der Waals surface area contributed by atoms with Crippen LogP contribution in [0.1, 0.15) is 146 Å². The van der Waals surface area contributed by atoms with Crippen LogP contribution in [-0.2, 0) is 0 Å². The van der Waals surface area contributed by atoms with Crippen LogP contribution in [0.3, 0.4) is 0 Å². The summed E-state index contributed by atoms with van der Waals surface area (Å²) in [6, 6.07) is 0. The Labute approximate surface area is 247 Å². The fraction of sp³-hybridized carbons (Fsp3) is 0.944. The van der Waals surface area contributed by atoms with Crippen molar-refractivity contribution in [3.8, 4) is 0 Å². The van der Waals surface area contributed by atoms with Crippen LogP contribution < -0.4 is 0 Å². The molecular formula is C36H66O4. The van der Waals surface area contributed by atoms with Crippen LogP contribution >= 0.6 is 0 Å². The first-order valence-electron chi connectivity index (χ1n) is 16.6. The highest BCUT2D eigenvalue weighted by Gasteiger charge is 2.59. The molecule has 4 aliphatic carbocycles. The lowest BCUT2D eigenvalue weighted by Crippen LogP contribution is -2.57. The summed E-state index contributed by atoms with van der Waals surface area (Å²) >= 11 is 0. The van der Waals surface area contributed by atoms with E-state index in [4.69, 9.17) is 0 Å². The maximum Gasteiger partial charge on any atom is 0.0797 e. The SMILES string of the molecule is C=C[C@](C)(O)CC[C@@H]1[C@@]2(C)CCCC(C)(C)C2CC[C@@]1(C)O.CC1(C)CCC[C@@]2(C)C1CC[C@@](C)(O)[C@@H]2CCO. The van der Waals surface area contributed by atoms with Gasteiger partial charge in [0.05, 0.1) is 16.8 Å². The Hall–Kier alpha value is -0.420. The molecule has 0 aromatic rings. The van der Waals surface area contributed by atoms with Gasteiger partial charge in [-0.2, -0.15) is 0 Å². The molecule has 0 amide bonds. The van der Waals surface area contributed by atoms with Gasteiger partial charge in [-0.05, 0) is 137 Å². The third-order valence-corrected chi connectivity index (χ3v) is 13.3. The topological polar surface area (TPSA) is 80.9 Å². The van der Waals surface area contributed by atoms with Crippen molar-refractivity contribution in [2.45, 2.75) is 163 Å². The van der Waals surface area contributed by atoms with Crippen molar-refractivity contribution in [1.82, 2.24) is 0 Å². The van der Waals surface area contributed by atoms with Gasteiger partial charge in [-0.1, -0.05) is 60.5 Å². The molecule has 4 heteroatoms. The third kappa shape index (κ3) is 6.56. The molecule has 0 saturated heterocycles. The summed E-state index contributed by atoms with van der Waals surface area (Å²) in [5.41, 5.74) is -0.909. The zero-order valence-corrected chi connectivity index (χ0v) is 27.8. The van der Waals surface area contributed by atoms with Gasteiger partial charge >= 0.3 is 0 Å². The quantitative estimate of drug-likeness (QED) is 0.247. The van der Waals surface area contributed by atoms with Crippen LogP contribution in [0, 0.1) is 45.3 Å². The summed E-state index contributed by atoms with van der Waals surface area (Å²) in [6.45, 7) is 24.1. The highest BCUT2D eigenvalue weighted by molar-refractivity contribution is 5.09. The molecule has 234 valence electrons. The maximum absolute atomic E-state index is 11.1. The minimum absolute atomic E-state index is 0.181. The number of hydrogen-bond donors (Lipinski definition) is 4. The van der Waals surface area contributed by atoms with Gasteiger partial charge in [-0.3, -0.25) is 0 Å². The molecule has 4 N–H and O–H groups in total. The van der Waals surface area contributed by atoms with Crippen molar-refractivity contribution in [3.63, 3.8) is 0 Å².